The standard InChI is InChI=1S/C22H5F15O2S/c23-10-7(5-1-3-6(38)4-2-5)8-9(12(25)14(27)13(26)11(8)24)20(15(10)28)39-21-16(29)18(31)22(19(32)17(21)30)40(33,34,35,36)37/h1-4,38H. The van der Waals surface area contributed by atoms with Gasteiger partial charge in [0.05, 0.1) is 5.39 Å². The van der Waals surface area contributed by atoms with E-state index in [4.69, 9.17) is 0 Å². The van der Waals surface area contributed by atoms with Crippen molar-refractivity contribution in [1.29, 1.82) is 0 Å². The average molecular weight is 618 g/mol. The van der Waals surface area contributed by atoms with E-state index in [0.717, 1.165) is 12.1 Å². The second kappa shape index (κ2) is 8.28. The molecule has 0 spiro atoms. The van der Waals surface area contributed by atoms with Crippen LogP contribution in [-0.4, -0.2) is 5.11 Å². The number of halogens is 15. The van der Waals surface area contributed by atoms with Gasteiger partial charge in [-0.1, -0.05) is 31.6 Å². The maximum absolute atomic E-state index is 15.1. The van der Waals surface area contributed by atoms with Gasteiger partial charge in [0.1, 0.15) is 5.75 Å². The third-order valence-electron chi connectivity index (χ3n) is 5.28. The minimum absolute atomic E-state index is 0.525. The van der Waals surface area contributed by atoms with Crippen LogP contribution in [0.1, 0.15) is 0 Å². The molecule has 18 heteroatoms. The van der Waals surface area contributed by atoms with Crippen LogP contribution < -0.4 is 4.74 Å². The number of fused-ring (bicyclic) bond motifs is 1. The maximum Gasteiger partial charge on any atom is 0.316 e. The molecule has 0 saturated carbocycles. The van der Waals surface area contributed by atoms with E-state index in [2.05, 4.69) is 4.74 Å². The Morgan fingerprint density at radius 3 is 1.35 bits per heavy atom. The highest BCUT2D eigenvalue weighted by atomic mass is 32.5. The molecule has 0 heterocycles. The molecule has 4 aromatic rings. The third-order valence-corrected chi connectivity index (χ3v) is 6.41. The topological polar surface area (TPSA) is 29.5 Å². The Morgan fingerprint density at radius 1 is 0.475 bits per heavy atom. The Labute approximate surface area is 210 Å². The van der Waals surface area contributed by atoms with Crippen molar-refractivity contribution in [3.63, 3.8) is 0 Å². The van der Waals surface area contributed by atoms with E-state index in [0.29, 0.717) is 12.1 Å². The summed E-state index contributed by atoms with van der Waals surface area (Å²) in [4.78, 5) is -4.33. The predicted molar refractivity (Wildman–Crippen MR) is 109 cm³/mol. The zero-order chi connectivity index (χ0) is 30.3. The summed E-state index contributed by atoms with van der Waals surface area (Å²) in [5.74, 6) is -35.9. The summed E-state index contributed by atoms with van der Waals surface area (Å²) < 4.78 is 213. The van der Waals surface area contributed by atoms with Crippen LogP contribution in [0.4, 0.5) is 63.3 Å². The van der Waals surface area contributed by atoms with Crippen LogP contribution in [-0.2, 0) is 0 Å². The van der Waals surface area contributed by atoms with Crippen LogP contribution in [0.2, 0.25) is 0 Å². The van der Waals surface area contributed by atoms with Gasteiger partial charge >= 0.3 is 10.2 Å². The first kappa shape index (κ1) is 29.0. The maximum atomic E-state index is 15.1. The molecular weight excluding hydrogens is 613 g/mol. The van der Waals surface area contributed by atoms with Crippen LogP contribution in [0.5, 0.6) is 17.2 Å². The largest absolute Gasteiger partial charge is 0.508 e. The third kappa shape index (κ3) is 4.39. The number of hydrogen-bond acceptors (Lipinski definition) is 2. The fourth-order valence-electron chi connectivity index (χ4n) is 3.63. The van der Waals surface area contributed by atoms with Crippen molar-refractivity contribution in [3.8, 4) is 28.4 Å². The van der Waals surface area contributed by atoms with Gasteiger partial charge in [0.25, 0.3) is 0 Å². The monoisotopic (exact) mass is 618 g/mol. The molecule has 0 saturated heterocycles. The van der Waals surface area contributed by atoms with Gasteiger partial charge in [0, 0.05) is 10.9 Å². The van der Waals surface area contributed by atoms with Gasteiger partial charge in [0.2, 0.25) is 23.2 Å². The number of benzene rings is 4. The lowest BCUT2D eigenvalue weighted by molar-refractivity contribution is 0.309. The highest BCUT2D eigenvalue weighted by Gasteiger charge is 2.70. The number of hydrogen-bond donors (Lipinski definition) is 1. The molecule has 40 heavy (non-hydrogen) atoms. The van der Waals surface area contributed by atoms with Crippen LogP contribution in [0, 0.1) is 58.2 Å². The number of aromatic hydroxyl groups is 1. The Morgan fingerprint density at radius 2 is 0.900 bits per heavy atom. The van der Waals surface area contributed by atoms with E-state index in [9.17, 15) is 59.7 Å². The second-order valence-electron chi connectivity index (χ2n) is 7.87. The van der Waals surface area contributed by atoms with Crippen LogP contribution in [0.3, 0.4) is 0 Å². The minimum Gasteiger partial charge on any atom is -0.508 e. The number of rotatable bonds is 4. The first-order chi connectivity index (χ1) is 18.1. The zero-order valence-corrected chi connectivity index (χ0v) is 19.1. The molecule has 4 aromatic carbocycles. The summed E-state index contributed by atoms with van der Waals surface area (Å²) in [6.45, 7) is 0. The van der Waals surface area contributed by atoms with Gasteiger partial charge < -0.3 is 9.84 Å². The molecular formula is C22H5F15O2S. The van der Waals surface area contributed by atoms with Crippen molar-refractivity contribution in [2.45, 2.75) is 4.90 Å². The molecule has 0 atom stereocenters. The van der Waals surface area contributed by atoms with Crippen molar-refractivity contribution in [3.05, 3.63) is 82.4 Å². The number of ether oxygens (including phenoxy) is 1. The predicted octanol–water partition coefficient (Wildman–Crippen LogP) is 10.1. The van der Waals surface area contributed by atoms with Crippen LogP contribution in [0.25, 0.3) is 21.9 Å². The van der Waals surface area contributed by atoms with Gasteiger partial charge in [-0.3, -0.25) is 0 Å². The molecule has 0 aliphatic heterocycles. The van der Waals surface area contributed by atoms with E-state index in [-0.39, 0.29) is 0 Å². The van der Waals surface area contributed by atoms with Gasteiger partial charge in [-0.05, 0) is 17.7 Å². The highest BCUT2D eigenvalue weighted by Crippen LogP contribution is 3.02. The Bertz CT molecular complexity index is 1720. The molecule has 0 aliphatic carbocycles. The lowest BCUT2D eigenvalue weighted by Gasteiger charge is -2.40. The molecule has 0 bridgehead atoms. The van der Waals surface area contributed by atoms with Crippen molar-refractivity contribution in [2.75, 3.05) is 0 Å². The lowest BCUT2D eigenvalue weighted by Crippen LogP contribution is -2.16. The minimum atomic E-state index is -11.5. The molecule has 216 valence electrons. The number of phenols is 1. The van der Waals surface area contributed by atoms with Gasteiger partial charge in [-0.25, -0.2) is 30.7 Å². The Hall–Kier alpha value is -3.96. The van der Waals surface area contributed by atoms with Gasteiger partial charge in [-0.15, -0.1) is 0 Å². The Balaban J connectivity index is 2.15. The molecule has 1 N–H and O–H groups in total. The van der Waals surface area contributed by atoms with Crippen molar-refractivity contribution in [2.24, 2.45) is 0 Å². The smallest absolute Gasteiger partial charge is 0.316 e. The summed E-state index contributed by atoms with van der Waals surface area (Å²) >= 11 is 0. The highest BCUT2D eigenvalue weighted by molar-refractivity contribution is 8.45. The van der Waals surface area contributed by atoms with Crippen molar-refractivity contribution in [1.82, 2.24) is 0 Å². The average Bonchev–Trinajstić information content (AvgIpc) is 2.84. The first-order valence-electron chi connectivity index (χ1n) is 9.82. The van der Waals surface area contributed by atoms with E-state index >= 15 is 8.78 Å². The molecule has 0 amide bonds. The normalized spacial score (nSPS) is 13.9. The molecule has 4 rings (SSSR count). The SMILES string of the molecule is Oc1ccc(-c2c(F)c(F)c(Oc3c(F)c(F)c(S(F)(F)(F)(F)F)c(F)c3F)c3c(F)c(F)c(F)c(F)c23)cc1. The first-order valence-corrected chi connectivity index (χ1v) is 11.8. The van der Waals surface area contributed by atoms with Crippen molar-refractivity contribution >= 4 is 21.0 Å². The number of phenolic OH excluding ortho intramolecular Hbond substituents is 1. The fraction of sp³-hybridized carbons (Fsp3) is 0. The van der Waals surface area contributed by atoms with E-state index in [1.165, 1.54) is 0 Å². The molecule has 0 radical (unpaired) electrons. The summed E-state index contributed by atoms with van der Waals surface area (Å²) in [7, 11) is -11.5. The fourth-order valence-corrected chi connectivity index (χ4v) is 4.48. The molecule has 0 fully saturated rings. The van der Waals surface area contributed by atoms with Gasteiger partial charge in [0.15, 0.2) is 51.4 Å². The molecule has 2 nitrogen and oxygen atoms in total. The van der Waals surface area contributed by atoms with E-state index in [1.807, 2.05) is 0 Å². The van der Waals surface area contributed by atoms with Crippen LogP contribution >= 0.6 is 10.2 Å². The summed E-state index contributed by atoms with van der Waals surface area (Å²) in [5.41, 5.74) is -2.10. The van der Waals surface area contributed by atoms with Crippen molar-refractivity contribution < 1.29 is 73.2 Å². The quantitative estimate of drug-likeness (QED) is 0.140. The molecule has 0 aromatic heterocycles. The molecule has 0 aliphatic rings. The van der Waals surface area contributed by atoms with Gasteiger partial charge in [-0.2, -0.15) is 13.2 Å². The summed E-state index contributed by atoms with van der Waals surface area (Å²) in [6.07, 6.45) is 0. The lowest BCUT2D eigenvalue weighted by atomic mass is 9.95. The van der Waals surface area contributed by atoms with E-state index in [1.54, 1.807) is 0 Å². The van der Waals surface area contributed by atoms with Crippen LogP contribution in [0.15, 0.2) is 29.2 Å². The van der Waals surface area contributed by atoms with E-state index < -0.39 is 112 Å². The summed E-state index contributed by atoms with van der Waals surface area (Å²) in [6, 6.07) is 2.98. The molecule has 0 unspecified atom stereocenters. The summed E-state index contributed by atoms with van der Waals surface area (Å²) in [5, 5.41) is 5.55. The Kier molecular flexibility index (Phi) is 6.01. The zero-order valence-electron chi connectivity index (χ0n) is 18.2. The second-order valence-corrected chi connectivity index (χ2v) is 10.2.